The van der Waals surface area contributed by atoms with Gasteiger partial charge in [0.25, 0.3) is 5.56 Å². The largest absolute Gasteiger partial charge is 0.332 e. The molecule has 7 heteroatoms. The van der Waals surface area contributed by atoms with Crippen LogP contribution in [-0.4, -0.2) is 24.4 Å². The predicted molar refractivity (Wildman–Crippen MR) is 96.8 cm³/mol. The lowest BCUT2D eigenvalue weighted by molar-refractivity contribution is 0.648. The minimum atomic E-state index is -0.344. The van der Waals surface area contributed by atoms with Gasteiger partial charge in [0.1, 0.15) is 16.2 Å². The van der Waals surface area contributed by atoms with Crippen molar-refractivity contribution in [2.75, 3.05) is 0 Å². The lowest BCUT2D eigenvalue weighted by Gasteiger charge is -2.16. The molecule has 2 aromatic heterocycles. The maximum atomic E-state index is 12.7. The van der Waals surface area contributed by atoms with E-state index in [0.717, 1.165) is 29.7 Å². The summed E-state index contributed by atoms with van der Waals surface area (Å²) in [6.07, 6.45) is 5.53. The predicted octanol–water partition coefficient (Wildman–Crippen LogP) is 2.58. The minimum absolute atomic E-state index is 0.308. The number of rotatable bonds is 4. The topological polar surface area (TPSA) is 69.8 Å². The fraction of sp³-hybridized carbons (Fsp3) is 0.647. The molecule has 0 unspecified atom stereocenters. The van der Waals surface area contributed by atoms with Crippen LogP contribution in [0, 0.1) is 0 Å². The zero-order valence-corrected chi connectivity index (χ0v) is 15.5. The van der Waals surface area contributed by atoms with E-state index in [0.29, 0.717) is 27.2 Å². The second-order valence-corrected chi connectivity index (χ2v) is 8.04. The summed E-state index contributed by atoms with van der Waals surface area (Å²) in [7, 11) is 3.18. The van der Waals surface area contributed by atoms with Crippen LogP contribution in [0.25, 0.3) is 11.0 Å². The number of thioether (sulfide) groups is 1. The first-order chi connectivity index (χ1) is 11.4. The molecule has 1 aliphatic carbocycles. The summed E-state index contributed by atoms with van der Waals surface area (Å²) < 4.78 is 2.61. The van der Waals surface area contributed by atoms with Crippen molar-refractivity contribution in [3.05, 3.63) is 26.7 Å². The van der Waals surface area contributed by atoms with Gasteiger partial charge in [-0.2, -0.15) is 0 Å². The monoisotopic (exact) mass is 348 g/mol. The number of aromatic nitrogens is 4. The van der Waals surface area contributed by atoms with E-state index in [1.54, 1.807) is 18.8 Å². The molecule has 1 fully saturated rings. The lowest BCUT2D eigenvalue weighted by atomic mass is 10.1. The van der Waals surface area contributed by atoms with Gasteiger partial charge in [0.15, 0.2) is 5.65 Å². The molecule has 0 amide bonds. The number of hydrogen-bond donors (Lipinski definition) is 0. The molecule has 0 bridgehead atoms. The van der Waals surface area contributed by atoms with Crippen LogP contribution in [0.15, 0.2) is 14.6 Å². The Morgan fingerprint density at radius 1 is 1.17 bits per heavy atom. The second kappa shape index (κ2) is 6.70. The van der Waals surface area contributed by atoms with Gasteiger partial charge in [-0.25, -0.2) is 14.8 Å². The number of hydrogen-bond acceptors (Lipinski definition) is 5. The highest BCUT2D eigenvalue weighted by atomic mass is 32.2. The molecule has 0 radical (unpaired) electrons. The molecule has 2 aromatic rings. The van der Waals surface area contributed by atoms with E-state index >= 15 is 0 Å². The minimum Gasteiger partial charge on any atom is -0.280 e. The van der Waals surface area contributed by atoms with Crippen molar-refractivity contribution in [3.8, 4) is 0 Å². The average Bonchev–Trinajstić information content (AvgIpc) is 3.11. The highest BCUT2D eigenvalue weighted by Crippen LogP contribution is 2.35. The van der Waals surface area contributed by atoms with E-state index in [1.165, 1.54) is 24.5 Å². The molecule has 1 saturated carbocycles. The average molecular weight is 348 g/mol. The molecule has 0 N–H and O–H groups in total. The van der Waals surface area contributed by atoms with E-state index < -0.39 is 0 Å². The van der Waals surface area contributed by atoms with Crippen LogP contribution in [0.3, 0.4) is 0 Å². The van der Waals surface area contributed by atoms with Crippen molar-refractivity contribution in [2.24, 2.45) is 14.1 Å². The molecule has 24 heavy (non-hydrogen) atoms. The highest BCUT2D eigenvalue weighted by molar-refractivity contribution is 8.00. The van der Waals surface area contributed by atoms with Crippen molar-refractivity contribution in [3.63, 3.8) is 0 Å². The van der Waals surface area contributed by atoms with Crippen molar-refractivity contribution >= 4 is 22.8 Å². The Hall–Kier alpha value is -1.63. The molecule has 0 aliphatic heterocycles. The van der Waals surface area contributed by atoms with Gasteiger partial charge in [-0.05, 0) is 19.3 Å². The van der Waals surface area contributed by atoms with Gasteiger partial charge in [0, 0.05) is 25.3 Å². The Labute approximate surface area is 145 Å². The third kappa shape index (κ3) is 2.90. The van der Waals surface area contributed by atoms with Gasteiger partial charge in [0.05, 0.1) is 0 Å². The maximum absolute atomic E-state index is 12.7. The molecule has 3 rings (SSSR count). The quantitative estimate of drug-likeness (QED) is 0.627. The van der Waals surface area contributed by atoms with Crippen LogP contribution >= 0.6 is 11.8 Å². The first-order valence-electron chi connectivity index (χ1n) is 8.58. The van der Waals surface area contributed by atoms with Gasteiger partial charge >= 0.3 is 5.69 Å². The molecular formula is C17H24N4O2S. The van der Waals surface area contributed by atoms with Crippen LogP contribution in [-0.2, 0) is 14.1 Å². The fourth-order valence-corrected chi connectivity index (χ4v) is 4.16. The van der Waals surface area contributed by atoms with Crippen LogP contribution in [0.4, 0.5) is 0 Å². The van der Waals surface area contributed by atoms with Crippen molar-refractivity contribution in [1.29, 1.82) is 0 Å². The summed E-state index contributed by atoms with van der Waals surface area (Å²) in [6, 6.07) is 0. The van der Waals surface area contributed by atoms with Gasteiger partial charge < -0.3 is 0 Å². The van der Waals surface area contributed by atoms with Crippen LogP contribution < -0.4 is 11.2 Å². The van der Waals surface area contributed by atoms with E-state index in [2.05, 4.69) is 18.8 Å². The molecule has 0 spiro atoms. The van der Waals surface area contributed by atoms with E-state index in [9.17, 15) is 9.59 Å². The molecule has 0 aromatic carbocycles. The van der Waals surface area contributed by atoms with Crippen molar-refractivity contribution < 1.29 is 0 Å². The second-order valence-electron chi connectivity index (χ2n) is 6.61. The third-order valence-electron chi connectivity index (χ3n) is 4.89. The van der Waals surface area contributed by atoms with Crippen LogP contribution in [0.5, 0.6) is 0 Å². The molecule has 1 aliphatic rings. The summed E-state index contributed by atoms with van der Waals surface area (Å²) in [6.45, 7) is 4.24. The van der Waals surface area contributed by atoms with Crippen LogP contribution in [0.1, 0.15) is 57.7 Å². The molecule has 0 saturated heterocycles. The maximum Gasteiger partial charge on any atom is 0.332 e. The zero-order chi connectivity index (χ0) is 17.4. The zero-order valence-electron chi connectivity index (χ0n) is 14.7. The summed E-state index contributed by atoms with van der Waals surface area (Å²) >= 11 is 1.60. The van der Waals surface area contributed by atoms with E-state index in [-0.39, 0.29) is 11.2 Å². The summed E-state index contributed by atoms with van der Waals surface area (Å²) in [5, 5.41) is 1.53. The molecular weight excluding hydrogens is 324 g/mol. The van der Waals surface area contributed by atoms with Gasteiger partial charge in [0.2, 0.25) is 0 Å². The van der Waals surface area contributed by atoms with Gasteiger partial charge in [-0.1, -0.05) is 26.7 Å². The molecule has 6 nitrogen and oxygen atoms in total. The fourth-order valence-electron chi connectivity index (χ4n) is 3.17. The normalized spacial score (nSPS) is 16.8. The van der Waals surface area contributed by atoms with Gasteiger partial charge in [-0.3, -0.25) is 13.9 Å². The smallest absolute Gasteiger partial charge is 0.280 e. The van der Waals surface area contributed by atoms with Crippen LogP contribution in [0.2, 0.25) is 0 Å². The number of fused-ring (bicyclic) bond motifs is 1. The van der Waals surface area contributed by atoms with E-state index in [1.807, 2.05) is 0 Å². The van der Waals surface area contributed by atoms with E-state index in [4.69, 9.17) is 4.98 Å². The standard InChI is InChI=1S/C17H24N4O2S/c1-5-10(2)24-15-12-14(20(3)17(23)21(4)16(12)22)18-13(19-15)11-8-6-7-9-11/h10-11H,5-9H2,1-4H3/t10-/m1/s1. The molecule has 1 atom stereocenters. The summed E-state index contributed by atoms with van der Waals surface area (Å²) in [5.41, 5.74) is -0.189. The molecule has 130 valence electrons. The number of aryl methyl sites for hydroxylation is 1. The Bertz CT molecular complexity index is 881. The Morgan fingerprint density at radius 3 is 2.46 bits per heavy atom. The first kappa shape index (κ1) is 17.2. The highest BCUT2D eigenvalue weighted by Gasteiger charge is 2.24. The third-order valence-corrected chi connectivity index (χ3v) is 6.15. The van der Waals surface area contributed by atoms with Crippen molar-refractivity contribution in [2.45, 2.75) is 62.1 Å². The molecule has 2 heterocycles. The summed E-state index contributed by atoms with van der Waals surface area (Å²) in [5.74, 6) is 1.12. The lowest BCUT2D eigenvalue weighted by Crippen LogP contribution is -2.38. The Balaban J connectivity index is 2.31. The Morgan fingerprint density at radius 2 is 1.83 bits per heavy atom. The summed E-state index contributed by atoms with van der Waals surface area (Å²) in [4.78, 5) is 34.4. The Kier molecular flexibility index (Phi) is 4.80. The first-order valence-corrected chi connectivity index (χ1v) is 9.46. The number of nitrogens with zero attached hydrogens (tertiary/aromatic N) is 4. The SMILES string of the molecule is CC[C@@H](C)Sc1nc(C2CCCC2)nc2c1c(=O)n(C)c(=O)n2C. The van der Waals surface area contributed by atoms with Gasteiger partial charge in [-0.15, -0.1) is 11.8 Å². The van der Waals surface area contributed by atoms with Crippen molar-refractivity contribution in [1.82, 2.24) is 19.1 Å².